The maximum absolute atomic E-state index is 10.6. The van der Waals surface area contributed by atoms with E-state index in [-0.39, 0.29) is 17.9 Å². The van der Waals surface area contributed by atoms with Gasteiger partial charge in [-0.2, -0.15) is 0 Å². The molecule has 0 N–H and O–H groups in total. The van der Waals surface area contributed by atoms with Gasteiger partial charge in [-0.25, -0.2) is 0 Å². The Morgan fingerprint density at radius 3 is 2.69 bits per heavy atom. The molecule has 3 nitrogen and oxygen atoms in total. The molecule has 0 aromatic rings. The molecular weight excluding hydrogens is 168 g/mol. The highest BCUT2D eigenvalue weighted by molar-refractivity contribution is 5.53. The Labute approximate surface area is 79.4 Å². The summed E-state index contributed by atoms with van der Waals surface area (Å²) in [6, 6.07) is 0. The van der Waals surface area contributed by atoms with Crippen LogP contribution < -0.4 is 0 Å². The fourth-order valence-electron chi connectivity index (χ4n) is 1.61. The fourth-order valence-corrected chi connectivity index (χ4v) is 1.61. The van der Waals surface area contributed by atoms with Crippen molar-refractivity contribution >= 4 is 6.29 Å². The molecule has 1 fully saturated rings. The minimum Gasteiger partial charge on any atom is -0.350 e. The van der Waals surface area contributed by atoms with Crippen molar-refractivity contribution in [2.45, 2.75) is 39.6 Å². The van der Waals surface area contributed by atoms with Crippen LogP contribution in [0.3, 0.4) is 0 Å². The minimum absolute atomic E-state index is 0.0127. The Hall–Kier alpha value is -0.410. The van der Waals surface area contributed by atoms with Gasteiger partial charge in [0, 0.05) is 11.8 Å². The van der Waals surface area contributed by atoms with Crippen LogP contribution in [0, 0.1) is 11.8 Å². The molecule has 0 amide bonds. The lowest BCUT2D eigenvalue weighted by molar-refractivity contribution is -0.296. The molecule has 1 saturated heterocycles. The number of hydrogen-bond acceptors (Lipinski definition) is 3. The summed E-state index contributed by atoms with van der Waals surface area (Å²) in [5.41, 5.74) is 0. The molecule has 0 radical (unpaired) electrons. The predicted octanol–water partition coefficient (Wildman–Crippen LogP) is 1.61. The molecule has 1 heterocycles. The molecule has 0 aromatic heterocycles. The zero-order chi connectivity index (χ0) is 10.1. The van der Waals surface area contributed by atoms with Gasteiger partial charge in [0.2, 0.25) is 0 Å². The Bertz CT molecular complexity index is 189. The molecule has 1 aliphatic heterocycles. The second-order valence-corrected chi connectivity index (χ2v) is 4.27. The Balaban J connectivity index is 2.65. The molecule has 0 aliphatic carbocycles. The smallest absolute Gasteiger partial charge is 0.163 e. The van der Waals surface area contributed by atoms with E-state index in [9.17, 15) is 4.79 Å². The topological polar surface area (TPSA) is 35.5 Å². The first kappa shape index (κ1) is 10.7. The van der Waals surface area contributed by atoms with Gasteiger partial charge in [-0.15, -0.1) is 0 Å². The zero-order valence-electron chi connectivity index (χ0n) is 8.74. The molecule has 1 aliphatic rings. The van der Waals surface area contributed by atoms with Gasteiger partial charge in [-0.1, -0.05) is 13.8 Å². The first-order chi connectivity index (χ1) is 5.96. The van der Waals surface area contributed by atoms with Crippen molar-refractivity contribution in [1.82, 2.24) is 0 Å². The van der Waals surface area contributed by atoms with Crippen molar-refractivity contribution < 1.29 is 14.3 Å². The lowest BCUT2D eigenvalue weighted by Crippen LogP contribution is -2.47. The van der Waals surface area contributed by atoms with Crippen LogP contribution in [-0.4, -0.2) is 24.8 Å². The molecule has 0 spiro atoms. The van der Waals surface area contributed by atoms with Crippen LogP contribution >= 0.6 is 0 Å². The summed E-state index contributed by atoms with van der Waals surface area (Å²) >= 11 is 0. The van der Waals surface area contributed by atoms with E-state index < -0.39 is 5.79 Å². The van der Waals surface area contributed by atoms with E-state index in [2.05, 4.69) is 0 Å². The Kier molecular flexibility index (Phi) is 3.09. The summed E-state index contributed by atoms with van der Waals surface area (Å²) in [5.74, 6) is -0.319. The average Bonchev–Trinajstić information content (AvgIpc) is 2.08. The third-order valence-corrected chi connectivity index (χ3v) is 2.41. The summed E-state index contributed by atoms with van der Waals surface area (Å²) in [6.45, 7) is 8.35. The SMILES string of the molecule is C[C@@H](C=O)[C@H]1OC(C)(C)OC[C@@H]1C. The van der Waals surface area contributed by atoms with Gasteiger partial charge in [0.15, 0.2) is 5.79 Å². The first-order valence-corrected chi connectivity index (χ1v) is 4.73. The van der Waals surface area contributed by atoms with Crippen LogP contribution in [0.25, 0.3) is 0 Å². The van der Waals surface area contributed by atoms with E-state index in [1.807, 2.05) is 27.7 Å². The number of aldehydes is 1. The zero-order valence-corrected chi connectivity index (χ0v) is 8.74. The van der Waals surface area contributed by atoms with Crippen LogP contribution in [0.15, 0.2) is 0 Å². The molecule has 76 valence electrons. The molecule has 0 unspecified atom stereocenters. The van der Waals surface area contributed by atoms with E-state index in [1.54, 1.807) is 0 Å². The monoisotopic (exact) mass is 186 g/mol. The van der Waals surface area contributed by atoms with Crippen LogP contribution in [0.2, 0.25) is 0 Å². The van der Waals surface area contributed by atoms with Crippen molar-refractivity contribution in [3.05, 3.63) is 0 Å². The highest BCUT2D eigenvalue weighted by Gasteiger charge is 2.36. The van der Waals surface area contributed by atoms with Gasteiger partial charge < -0.3 is 14.3 Å². The normalized spacial score (nSPS) is 35.4. The predicted molar refractivity (Wildman–Crippen MR) is 49.3 cm³/mol. The van der Waals surface area contributed by atoms with Crippen LogP contribution in [0.1, 0.15) is 27.7 Å². The quantitative estimate of drug-likeness (QED) is 0.615. The van der Waals surface area contributed by atoms with Crippen molar-refractivity contribution in [1.29, 1.82) is 0 Å². The molecule has 3 heteroatoms. The number of carbonyl (C=O) groups is 1. The van der Waals surface area contributed by atoms with Crippen LogP contribution in [0.5, 0.6) is 0 Å². The minimum atomic E-state index is -0.547. The highest BCUT2D eigenvalue weighted by atomic mass is 16.7. The van der Waals surface area contributed by atoms with Crippen LogP contribution in [-0.2, 0) is 14.3 Å². The van der Waals surface area contributed by atoms with E-state index >= 15 is 0 Å². The molecule has 0 saturated carbocycles. The number of ether oxygens (including phenoxy) is 2. The van der Waals surface area contributed by atoms with Crippen LogP contribution in [0.4, 0.5) is 0 Å². The van der Waals surface area contributed by atoms with Crippen molar-refractivity contribution in [2.24, 2.45) is 11.8 Å². The molecular formula is C10H18O3. The van der Waals surface area contributed by atoms with Gasteiger partial charge >= 0.3 is 0 Å². The number of rotatable bonds is 2. The summed E-state index contributed by atoms with van der Waals surface area (Å²) in [6.07, 6.45) is 0.934. The average molecular weight is 186 g/mol. The maximum Gasteiger partial charge on any atom is 0.163 e. The van der Waals surface area contributed by atoms with Gasteiger partial charge in [0.25, 0.3) is 0 Å². The van der Waals surface area contributed by atoms with Crippen molar-refractivity contribution in [3.8, 4) is 0 Å². The molecule has 13 heavy (non-hydrogen) atoms. The largest absolute Gasteiger partial charge is 0.350 e. The van der Waals surface area contributed by atoms with E-state index in [0.717, 1.165) is 6.29 Å². The van der Waals surface area contributed by atoms with Gasteiger partial charge in [0.1, 0.15) is 6.29 Å². The Morgan fingerprint density at radius 2 is 2.15 bits per heavy atom. The molecule has 0 aromatic carbocycles. The van der Waals surface area contributed by atoms with E-state index in [4.69, 9.17) is 9.47 Å². The summed E-state index contributed by atoms with van der Waals surface area (Å²) < 4.78 is 11.1. The summed E-state index contributed by atoms with van der Waals surface area (Å²) in [7, 11) is 0. The van der Waals surface area contributed by atoms with Crippen molar-refractivity contribution in [3.63, 3.8) is 0 Å². The van der Waals surface area contributed by atoms with E-state index in [0.29, 0.717) is 6.61 Å². The summed E-state index contributed by atoms with van der Waals surface area (Å²) in [5, 5.41) is 0. The molecule has 3 atom stereocenters. The molecule has 1 rings (SSSR count). The maximum atomic E-state index is 10.6. The lowest BCUT2D eigenvalue weighted by Gasteiger charge is -2.41. The van der Waals surface area contributed by atoms with Crippen molar-refractivity contribution in [2.75, 3.05) is 6.61 Å². The fraction of sp³-hybridized carbons (Fsp3) is 0.900. The van der Waals surface area contributed by atoms with Gasteiger partial charge in [0.05, 0.1) is 12.7 Å². The number of hydrogen-bond donors (Lipinski definition) is 0. The summed E-state index contributed by atoms with van der Waals surface area (Å²) in [4.78, 5) is 10.6. The Morgan fingerprint density at radius 1 is 1.54 bits per heavy atom. The standard InChI is InChI=1S/C10H18O3/c1-7(5-11)9-8(2)6-12-10(3,4)13-9/h5,7-9H,6H2,1-4H3/t7-,8-,9+/m0/s1. The second-order valence-electron chi connectivity index (χ2n) is 4.27. The third kappa shape index (κ3) is 2.51. The van der Waals surface area contributed by atoms with E-state index in [1.165, 1.54) is 0 Å². The highest BCUT2D eigenvalue weighted by Crippen LogP contribution is 2.29. The van der Waals surface area contributed by atoms with Gasteiger partial charge in [-0.05, 0) is 13.8 Å². The number of carbonyl (C=O) groups excluding carboxylic acids is 1. The molecule has 0 bridgehead atoms. The lowest BCUT2D eigenvalue weighted by atomic mass is 9.93. The third-order valence-electron chi connectivity index (χ3n) is 2.41. The first-order valence-electron chi connectivity index (χ1n) is 4.73. The second kappa shape index (κ2) is 3.76. The van der Waals surface area contributed by atoms with Gasteiger partial charge in [-0.3, -0.25) is 0 Å².